The molecule has 0 saturated carbocycles. The predicted molar refractivity (Wildman–Crippen MR) is 111 cm³/mol. The van der Waals surface area contributed by atoms with Crippen molar-refractivity contribution in [2.75, 3.05) is 13.2 Å². The number of halogens is 1. The van der Waals surface area contributed by atoms with Crippen molar-refractivity contribution in [2.24, 2.45) is 0 Å². The molecule has 0 aliphatic heterocycles. The highest BCUT2D eigenvalue weighted by Crippen LogP contribution is 2.19. The third kappa shape index (κ3) is 6.31. The van der Waals surface area contributed by atoms with Gasteiger partial charge < -0.3 is 15.0 Å². The Morgan fingerprint density at radius 2 is 1.72 bits per heavy atom. The molecule has 0 saturated heterocycles. The molecule has 0 unspecified atom stereocenters. The first-order valence-corrected chi connectivity index (χ1v) is 9.86. The van der Waals surface area contributed by atoms with Gasteiger partial charge in [0, 0.05) is 18.7 Å². The Morgan fingerprint density at radius 3 is 2.31 bits per heavy atom. The molecule has 6 heteroatoms. The summed E-state index contributed by atoms with van der Waals surface area (Å²) in [5, 5.41) is 2.70. The average Bonchev–Trinajstić information content (AvgIpc) is 2.71. The van der Waals surface area contributed by atoms with E-state index in [0.717, 1.165) is 0 Å². The highest BCUT2D eigenvalue weighted by molar-refractivity contribution is 5.87. The Kier molecular flexibility index (Phi) is 8.19. The largest absolute Gasteiger partial charge is 0.484 e. The van der Waals surface area contributed by atoms with Gasteiger partial charge in [-0.3, -0.25) is 9.59 Å². The highest BCUT2D eigenvalue weighted by Gasteiger charge is 2.27. The Hall–Kier alpha value is -2.89. The van der Waals surface area contributed by atoms with Gasteiger partial charge in [-0.1, -0.05) is 44.2 Å². The smallest absolute Gasteiger partial charge is 0.261 e. The second-order valence-electron chi connectivity index (χ2n) is 7.20. The summed E-state index contributed by atoms with van der Waals surface area (Å²) in [7, 11) is 0. The lowest BCUT2D eigenvalue weighted by Crippen LogP contribution is -2.49. The van der Waals surface area contributed by atoms with Crippen molar-refractivity contribution in [1.29, 1.82) is 0 Å². The predicted octanol–water partition coefficient (Wildman–Crippen LogP) is 3.88. The van der Waals surface area contributed by atoms with E-state index in [1.807, 2.05) is 24.3 Å². The first-order valence-electron chi connectivity index (χ1n) is 9.86. The van der Waals surface area contributed by atoms with Crippen molar-refractivity contribution in [1.82, 2.24) is 10.2 Å². The third-order valence-corrected chi connectivity index (χ3v) is 4.73. The number of ether oxygens (including phenoxy) is 1. The Labute approximate surface area is 171 Å². The summed E-state index contributed by atoms with van der Waals surface area (Å²) in [5.74, 6) is -0.129. The molecule has 0 fully saturated rings. The molecule has 0 spiro atoms. The number of hydrogen-bond donors (Lipinski definition) is 1. The maximum atomic E-state index is 14.1. The summed E-state index contributed by atoms with van der Waals surface area (Å²) in [5.41, 5.74) is 1.52. The van der Waals surface area contributed by atoms with Crippen LogP contribution in [0.3, 0.4) is 0 Å². The summed E-state index contributed by atoms with van der Waals surface area (Å²) in [6.45, 7) is 7.83. The van der Waals surface area contributed by atoms with Crippen molar-refractivity contribution < 1.29 is 18.7 Å². The number of likely N-dealkylation sites (N-methyl/N-ethyl adjacent to an activating group) is 1. The molecule has 0 heterocycles. The maximum Gasteiger partial charge on any atom is 0.261 e. The lowest BCUT2D eigenvalue weighted by Gasteiger charge is -2.28. The molecule has 0 aliphatic rings. The van der Waals surface area contributed by atoms with E-state index in [2.05, 4.69) is 19.2 Å². The van der Waals surface area contributed by atoms with Crippen molar-refractivity contribution in [3.05, 3.63) is 65.5 Å². The molecule has 2 amide bonds. The minimum absolute atomic E-state index is 0.0144. The van der Waals surface area contributed by atoms with Crippen molar-refractivity contribution in [3.8, 4) is 5.75 Å². The van der Waals surface area contributed by atoms with Gasteiger partial charge in [-0.05, 0) is 43.5 Å². The second-order valence-corrected chi connectivity index (χ2v) is 7.20. The van der Waals surface area contributed by atoms with Crippen LogP contribution < -0.4 is 10.1 Å². The summed E-state index contributed by atoms with van der Waals surface area (Å²) in [6.07, 6.45) is 0. The van der Waals surface area contributed by atoms with Crippen molar-refractivity contribution in [3.63, 3.8) is 0 Å². The van der Waals surface area contributed by atoms with Crippen LogP contribution in [0.4, 0.5) is 4.39 Å². The average molecular weight is 400 g/mol. The van der Waals surface area contributed by atoms with Gasteiger partial charge in [-0.2, -0.15) is 0 Å². The number of carbonyl (C=O) groups is 2. The SMILES string of the molecule is CCNC(=O)[C@H](C)N(Cc1ccccc1F)C(=O)COc1ccc(C(C)C)cc1. The molecule has 1 N–H and O–H groups in total. The molecule has 156 valence electrons. The van der Waals surface area contributed by atoms with E-state index < -0.39 is 11.9 Å². The lowest BCUT2D eigenvalue weighted by atomic mass is 10.0. The van der Waals surface area contributed by atoms with E-state index in [9.17, 15) is 14.0 Å². The van der Waals surface area contributed by atoms with Gasteiger partial charge in [0.15, 0.2) is 6.61 Å². The molecule has 2 rings (SSSR count). The van der Waals surface area contributed by atoms with Crippen molar-refractivity contribution in [2.45, 2.75) is 46.2 Å². The molecule has 29 heavy (non-hydrogen) atoms. The summed E-state index contributed by atoms with van der Waals surface area (Å²) in [4.78, 5) is 26.5. The maximum absolute atomic E-state index is 14.1. The standard InChI is InChI=1S/C23H29FN2O3/c1-5-25-23(28)17(4)26(14-19-8-6-7-9-21(19)24)22(27)15-29-20-12-10-18(11-13-20)16(2)3/h6-13,16-17H,5,14-15H2,1-4H3,(H,25,28)/t17-/m0/s1. The van der Waals surface area contributed by atoms with E-state index in [1.54, 1.807) is 32.0 Å². The monoisotopic (exact) mass is 400 g/mol. The summed E-state index contributed by atoms with van der Waals surface area (Å²) < 4.78 is 19.7. The van der Waals surface area contributed by atoms with Crippen LogP contribution in [0.25, 0.3) is 0 Å². The van der Waals surface area contributed by atoms with Gasteiger partial charge in [0.1, 0.15) is 17.6 Å². The zero-order chi connectivity index (χ0) is 21.4. The van der Waals surface area contributed by atoms with Gasteiger partial charge in [0.05, 0.1) is 0 Å². The van der Waals surface area contributed by atoms with Crippen LogP contribution in [0, 0.1) is 5.82 Å². The number of hydrogen-bond acceptors (Lipinski definition) is 3. The van der Waals surface area contributed by atoms with Gasteiger partial charge >= 0.3 is 0 Å². The van der Waals surface area contributed by atoms with Crippen LogP contribution in [-0.4, -0.2) is 35.9 Å². The van der Waals surface area contributed by atoms with Gasteiger partial charge in [-0.15, -0.1) is 0 Å². The van der Waals surface area contributed by atoms with Crippen LogP contribution in [0.15, 0.2) is 48.5 Å². The minimum Gasteiger partial charge on any atom is -0.484 e. The van der Waals surface area contributed by atoms with E-state index in [-0.39, 0.29) is 25.0 Å². The van der Waals surface area contributed by atoms with Crippen LogP contribution in [0.5, 0.6) is 5.75 Å². The van der Waals surface area contributed by atoms with Crippen molar-refractivity contribution >= 4 is 11.8 Å². The third-order valence-electron chi connectivity index (χ3n) is 4.73. The topological polar surface area (TPSA) is 58.6 Å². The lowest BCUT2D eigenvalue weighted by molar-refractivity contribution is -0.142. The Morgan fingerprint density at radius 1 is 1.07 bits per heavy atom. The molecule has 1 atom stereocenters. The number of rotatable bonds is 9. The number of nitrogens with one attached hydrogen (secondary N) is 1. The number of benzene rings is 2. The van der Waals surface area contributed by atoms with E-state index >= 15 is 0 Å². The van der Waals surface area contributed by atoms with Gasteiger partial charge in [-0.25, -0.2) is 4.39 Å². The fourth-order valence-corrected chi connectivity index (χ4v) is 2.89. The normalized spacial score (nSPS) is 11.8. The molecule has 0 aromatic heterocycles. The fourth-order valence-electron chi connectivity index (χ4n) is 2.89. The number of nitrogens with zero attached hydrogens (tertiary/aromatic N) is 1. The van der Waals surface area contributed by atoms with E-state index in [0.29, 0.717) is 23.8 Å². The first kappa shape index (κ1) is 22.4. The molecule has 2 aromatic rings. The molecular formula is C23H29FN2O3. The Balaban J connectivity index is 2.12. The molecular weight excluding hydrogens is 371 g/mol. The quantitative estimate of drug-likeness (QED) is 0.695. The minimum atomic E-state index is -0.756. The van der Waals surface area contributed by atoms with Crippen LogP contribution in [0.2, 0.25) is 0 Å². The first-order chi connectivity index (χ1) is 13.8. The van der Waals surface area contributed by atoms with Gasteiger partial charge in [0.2, 0.25) is 5.91 Å². The van der Waals surface area contributed by atoms with Crippen LogP contribution >= 0.6 is 0 Å². The molecule has 5 nitrogen and oxygen atoms in total. The molecule has 0 bridgehead atoms. The molecule has 0 radical (unpaired) electrons. The van der Waals surface area contributed by atoms with E-state index in [4.69, 9.17) is 4.74 Å². The molecule has 0 aliphatic carbocycles. The van der Waals surface area contributed by atoms with Crippen LogP contribution in [-0.2, 0) is 16.1 Å². The summed E-state index contributed by atoms with van der Waals surface area (Å²) >= 11 is 0. The zero-order valence-corrected chi connectivity index (χ0v) is 17.4. The van der Waals surface area contributed by atoms with E-state index in [1.165, 1.54) is 16.5 Å². The Bertz CT molecular complexity index is 821. The highest BCUT2D eigenvalue weighted by atomic mass is 19.1. The molecule has 2 aromatic carbocycles. The summed E-state index contributed by atoms with van der Waals surface area (Å²) in [6, 6.07) is 13.0. The number of amides is 2. The fraction of sp³-hybridized carbons (Fsp3) is 0.391. The second kappa shape index (κ2) is 10.6. The van der Waals surface area contributed by atoms with Gasteiger partial charge in [0.25, 0.3) is 5.91 Å². The van der Waals surface area contributed by atoms with Crippen LogP contribution in [0.1, 0.15) is 44.7 Å². The zero-order valence-electron chi connectivity index (χ0n) is 17.4. The number of carbonyl (C=O) groups excluding carboxylic acids is 2.